The van der Waals surface area contributed by atoms with E-state index >= 15 is 0 Å². The van der Waals surface area contributed by atoms with Crippen molar-refractivity contribution in [1.29, 1.82) is 0 Å². The Morgan fingerprint density at radius 3 is 1.77 bits per heavy atom. The Balaban J connectivity index is 1.54. The van der Waals surface area contributed by atoms with E-state index in [0.29, 0.717) is 0 Å². The van der Waals surface area contributed by atoms with Gasteiger partial charge in [0, 0.05) is 21.0 Å². The number of benzene rings is 7. The summed E-state index contributed by atoms with van der Waals surface area (Å²) in [5.41, 5.74) is 6.97. The van der Waals surface area contributed by atoms with Gasteiger partial charge in [0.15, 0.2) is 0 Å². The van der Waals surface area contributed by atoms with Gasteiger partial charge in [0.2, 0.25) is 0 Å². The average Bonchev–Trinajstić information content (AvgIpc) is 3.63. The fourth-order valence-corrected chi connectivity index (χ4v) is 7.62. The molecule has 9 rings (SSSR count). The smallest absolute Gasteiger partial charge is 0.136 e. The van der Waals surface area contributed by atoms with Gasteiger partial charge < -0.3 is 4.42 Å². The number of hydrogen-bond acceptors (Lipinski definition) is 2. The fraction of sp³-hybridized carbons (Fsp3) is 0. The van der Waals surface area contributed by atoms with Crippen LogP contribution in [0.4, 0.5) is 0 Å². The van der Waals surface area contributed by atoms with E-state index in [1.165, 1.54) is 70.0 Å². The van der Waals surface area contributed by atoms with Crippen molar-refractivity contribution < 1.29 is 4.42 Å². The van der Waals surface area contributed by atoms with Crippen LogP contribution in [0.25, 0.3) is 86.6 Å². The summed E-state index contributed by atoms with van der Waals surface area (Å²) in [5.74, 6) is 0. The van der Waals surface area contributed by atoms with Crippen molar-refractivity contribution in [3.8, 4) is 22.3 Å². The molecule has 0 aliphatic heterocycles. The van der Waals surface area contributed by atoms with Crippen LogP contribution in [0, 0.1) is 0 Å². The second-order valence-corrected chi connectivity index (χ2v) is 11.3. The first-order valence-electron chi connectivity index (χ1n) is 13.6. The highest BCUT2D eigenvalue weighted by Crippen LogP contribution is 2.50. The van der Waals surface area contributed by atoms with E-state index in [1.54, 1.807) is 0 Å². The zero-order valence-electron chi connectivity index (χ0n) is 21.5. The van der Waals surface area contributed by atoms with Gasteiger partial charge in [0.05, 0.1) is 0 Å². The zero-order valence-corrected chi connectivity index (χ0v) is 22.3. The Labute approximate surface area is 234 Å². The standard InChI is InChI=1S/C38H22OS/c1-2-12-25-23(10-1)11-9-18-26(25)34-27-13-3-5-15-29(27)35(30-16-6-4-14-28(30)34)37-36-31-17-7-8-19-32(31)39-33(36)22-24-20-21-40-38(24)37/h1-22H. The molecule has 0 fully saturated rings. The molecule has 0 bridgehead atoms. The van der Waals surface area contributed by atoms with Gasteiger partial charge in [-0.1, -0.05) is 109 Å². The molecule has 0 N–H and O–H groups in total. The van der Waals surface area contributed by atoms with Crippen molar-refractivity contribution in [2.45, 2.75) is 0 Å². The molecule has 0 amide bonds. The van der Waals surface area contributed by atoms with Gasteiger partial charge in [-0.25, -0.2) is 0 Å². The first kappa shape index (κ1) is 22.0. The number of rotatable bonds is 2. The number of hydrogen-bond donors (Lipinski definition) is 0. The second-order valence-electron chi connectivity index (χ2n) is 10.4. The van der Waals surface area contributed by atoms with Crippen LogP contribution in [0.2, 0.25) is 0 Å². The van der Waals surface area contributed by atoms with Crippen LogP contribution in [-0.2, 0) is 0 Å². The highest BCUT2D eigenvalue weighted by molar-refractivity contribution is 7.18. The fourth-order valence-electron chi connectivity index (χ4n) is 6.68. The lowest BCUT2D eigenvalue weighted by Crippen LogP contribution is -1.92. The van der Waals surface area contributed by atoms with E-state index in [4.69, 9.17) is 4.42 Å². The lowest BCUT2D eigenvalue weighted by Gasteiger charge is -2.19. The van der Waals surface area contributed by atoms with Crippen molar-refractivity contribution in [2.75, 3.05) is 0 Å². The Hall–Kier alpha value is -4.92. The van der Waals surface area contributed by atoms with Crippen LogP contribution < -0.4 is 0 Å². The third-order valence-corrected chi connectivity index (χ3v) is 9.27. The van der Waals surface area contributed by atoms with Crippen LogP contribution in [0.1, 0.15) is 0 Å². The predicted molar refractivity (Wildman–Crippen MR) is 172 cm³/mol. The quantitative estimate of drug-likeness (QED) is 0.204. The molecule has 0 atom stereocenters. The SMILES string of the molecule is c1ccc2c(-c3c4ccccc4c(-c4c5sccc5cc5oc6ccccc6c45)c4ccccc34)cccc2c1. The van der Waals surface area contributed by atoms with Crippen molar-refractivity contribution in [3.63, 3.8) is 0 Å². The molecule has 7 aromatic carbocycles. The molecule has 186 valence electrons. The van der Waals surface area contributed by atoms with Gasteiger partial charge in [0.25, 0.3) is 0 Å². The maximum atomic E-state index is 6.46. The minimum Gasteiger partial charge on any atom is -0.456 e. The highest BCUT2D eigenvalue weighted by Gasteiger charge is 2.23. The molecule has 1 nitrogen and oxygen atoms in total. The molecule has 0 spiro atoms. The Bertz CT molecular complexity index is 2380. The van der Waals surface area contributed by atoms with Gasteiger partial charge in [-0.2, -0.15) is 0 Å². The highest BCUT2D eigenvalue weighted by atomic mass is 32.1. The zero-order chi connectivity index (χ0) is 26.2. The summed E-state index contributed by atoms with van der Waals surface area (Å²) in [7, 11) is 0. The number of fused-ring (bicyclic) bond motifs is 7. The van der Waals surface area contributed by atoms with E-state index in [1.807, 2.05) is 11.3 Å². The van der Waals surface area contributed by atoms with Gasteiger partial charge in [-0.15, -0.1) is 11.3 Å². The lowest BCUT2D eigenvalue weighted by atomic mass is 9.83. The van der Waals surface area contributed by atoms with Gasteiger partial charge in [-0.05, 0) is 78.0 Å². The van der Waals surface area contributed by atoms with Crippen LogP contribution in [0.5, 0.6) is 0 Å². The average molecular weight is 527 g/mol. The molecule has 0 saturated carbocycles. The van der Waals surface area contributed by atoms with Gasteiger partial charge >= 0.3 is 0 Å². The van der Waals surface area contributed by atoms with Crippen LogP contribution in [0.15, 0.2) is 137 Å². The number of furan rings is 1. The summed E-state index contributed by atoms with van der Waals surface area (Å²) < 4.78 is 7.76. The molecule has 2 heteroatoms. The van der Waals surface area contributed by atoms with E-state index in [0.717, 1.165) is 16.6 Å². The molecule has 0 unspecified atom stereocenters. The monoisotopic (exact) mass is 526 g/mol. The molecular formula is C38H22OS. The van der Waals surface area contributed by atoms with Crippen LogP contribution in [0.3, 0.4) is 0 Å². The Morgan fingerprint density at radius 1 is 0.425 bits per heavy atom. The molecule has 0 aliphatic rings. The van der Waals surface area contributed by atoms with Crippen LogP contribution in [-0.4, -0.2) is 0 Å². The minimum atomic E-state index is 0.928. The summed E-state index contributed by atoms with van der Waals surface area (Å²) in [6.07, 6.45) is 0. The minimum absolute atomic E-state index is 0.928. The summed E-state index contributed by atoms with van der Waals surface area (Å²) in [6.45, 7) is 0. The first-order valence-corrected chi connectivity index (χ1v) is 14.5. The topological polar surface area (TPSA) is 13.1 Å². The van der Waals surface area contributed by atoms with Crippen molar-refractivity contribution >= 4 is 75.7 Å². The molecule has 40 heavy (non-hydrogen) atoms. The normalized spacial score (nSPS) is 12.0. The molecule has 0 radical (unpaired) electrons. The number of thiophene rings is 1. The van der Waals surface area contributed by atoms with E-state index < -0.39 is 0 Å². The molecule has 2 aromatic heterocycles. The van der Waals surface area contributed by atoms with Crippen LogP contribution >= 0.6 is 11.3 Å². The molecule has 0 saturated heterocycles. The van der Waals surface area contributed by atoms with Crippen molar-refractivity contribution in [1.82, 2.24) is 0 Å². The largest absolute Gasteiger partial charge is 0.456 e. The third kappa shape index (κ3) is 2.97. The van der Waals surface area contributed by atoms with E-state index in [-0.39, 0.29) is 0 Å². The maximum absolute atomic E-state index is 6.46. The van der Waals surface area contributed by atoms with E-state index in [2.05, 4.69) is 133 Å². The molecule has 0 aliphatic carbocycles. The summed E-state index contributed by atoms with van der Waals surface area (Å²) in [4.78, 5) is 0. The number of para-hydroxylation sites is 1. The lowest BCUT2D eigenvalue weighted by molar-refractivity contribution is 0.669. The maximum Gasteiger partial charge on any atom is 0.136 e. The van der Waals surface area contributed by atoms with Crippen molar-refractivity contribution in [2.24, 2.45) is 0 Å². The summed E-state index contributed by atoms with van der Waals surface area (Å²) in [6, 6.07) is 46.1. The van der Waals surface area contributed by atoms with E-state index in [9.17, 15) is 0 Å². The van der Waals surface area contributed by atoms with Crippen molar-refractivity contribution in [3.05, 3.63) is 133 Å². The Kier molecular flexibility index (Phi) is 4.55. The predicted octanol–water partition coefficient (Wildman–Crippen LogP) is 11.6. The molecule has 9 aromatic rings. The molecular weight excluding hydrogens is 504 g/mol. The van der Waals surface area contributed by atoms with Gasteiger partial charge in [0.1, 0.15) is 11.2 Å². The summed E-state index contributed by atoms with van der Waals surface area (Å²) >= 11 is 1.81. The Morgan fingerprint density at radius 2 is 1.02 bits per heavy atom. The summed E-state index contributed by atoms with van der Waals surface area (Å²) in [5, 5.41) is 13.4. The second kappa shape index (κ2) is 8.29. The molecule has 2 heterocycles. The third-order valence-electron chi connectivity index (χ3n) is 8.32. The first-order chi connectivity index (χ1) is 19.9. The van der Waals surface area contributed by atoms with Gasteiger partial charge in [-0.3, -0.25) is 0 Å².